The van der Waals surface area contributed by atoms with Crippen molar-refractivity contribution in [2.75, 3.05) is 42.9 Å². The Morgan fingerprint density at radius 1 is 1.24 bits per heavy atom. The summed E-state index contributed by atoms with van der Waals surface area (Å²) in [4.78, 5) is 28.2. The molecule has 7 nitrogen and oxygen atoms in total. The second-order valence-corrected chi connectivity index (χ2v) is 5.18. The molecule has 1 aliphatic heterocycles. The number of carbonyl (C=O) groups excluding carboxylic acids is 1. The molecule has 0 atom stereocenters. The molecule has 8 heteroatoms. The number of rotatable bonds is 6. The molecule has 0 unspecified atom stereocenters. The van der Waals surface area contributed by atoms with E-state index in [9.17, 15) is 4.79 Å². The first-order valence-electron chi connectivity index (χ1n) is 7.32. The number of halogens is 1. The van der Waals surface area contributed by atoms with E-state index in [2.05, 4.69) is 20.3 Å². The number of likely N-dealkylation sites (tertiary alicyclic amines) is 1. The average Bonchev–Trinajstić information content (AvgIpc) is 3.00. The molecule has 1 aromatic rings. The minimum Gasteiger partial charge on any atom is -0.345 e. The fourth-order valence-electron chi connectivity index (χ4n) is 2.30. The van der Waals surface area contributed by atoms with E-state index in [4.69, 9.17) is 11.6 Å². The molecule has 2 rings (SSSR count). The van der Waals surface area contributed by atoms with Crippen LogP contribution in [-0.4, -0.2) is 58.5 Å². The summed E-state index contributed by atoms with van der Waals surface area (Å²) in [6.45, 7) is 7.45. The van der Waals surface area contributed by atoms with Gasteiger partial charge in [-0.25, -0.2) is 0 Å². The molecule has 1 N–H and O–H groups in total. The van der Waals surface area contributed by atoms with Crippen LogP contribution >= 0.6 is 11.6 Å². The van der Waals surface area contributed by atoms with Gasteiger partial charge in [0, 0.05) is 26.2 Å². The number of nitrogens with zero attached hydrogens (tertiary/aromatic N) is 5. The first-order chi connectivity index (χ1) is 10.1. The van der Waals surface area contributed by atoms with Crippen molar-refractivity contribution in [1.82, 2.24) is 19.9 Å². The van der Waals surface area contributed by atoms with Gasteiger partial charge in [-0.15, -0.1) is 0 Å². The topological polar surface area (TPSA) is 74.2 Å². The minimum atomic E-state index is 0.0634. The maximum atomic E-state index is 12.0. The third-order valence-corrected chi connectivity index (χ3v) is 3.67. The number of amides is 1. The summed E-state index contributed by atoms with van der Waals surface area (Å²) >= 11 is 5.93. The summed E-state index contributed by atoms with van der Waals surface area (Å²) in [6, 6.07) is 0. The molecular formula is C13H21ClN6O. The fourth-order valence-corrected chi connectivity index (χ4v) is 2.46. The maximum Gasteiger partial charge on any atom is 0.241 e. The molecule has 1 saturated heterocycles. The zero-order valence-electron chi connectivity index (χ0n) is 12.5. The van der Waals surface area contributed by atoms with Crippen LogP contribution in [0.2, 0.25) is 5.28 Å². The summed E-state index contributed by atoms with van der Waals surface area (Å²) in [5.41, 5.74) is 0. The van der Waals surface area contributed by atoms with E-state index in [1.807, 2.05) is 23.6 Å². The highest BCUT2D eigenvalue weighted by molar-refractivity contribution is 6.28. The van der Waals surface area contributed by atoms with E-state index in [0.717, 1.165) is 39.0 Å². The van der Waals surface area contributed by atoms with Gasteiger partial charge >= 0.3 is 0 Å². The van der Waals surface area contributed by atoms with E-state index in [1.165, 1.54) is 0 Å². The lowest BCUT2D eigenvalue weighted by atomic mass is 10.4. The van der Waals surface area contributed by atoms with Crippen molar-refractivity contribution in [3.8, 4) is 0 Å². The lowest BCUT2D eigenvalue weighted by Gasteiger charge is -2.19. The van der Waals surface area contributed by atoms with Crippen LogP contribution in [0, 0.1) is 0 Å². The standard InChI is InChI=1S/C13H21ClN6O/c1-3-19(4-2)13-17-11(14)16-12(18-13)15-9-10(21)20-7-5-6-8-20/h3-9H2,1-2H3,(H,15,16,17,18). The van der Waals surface area contributed by atoms with Gasteiger partial charge in [0.05, 0.1) is 6.54 Å². The molecule has 1 aromatic heterocycles. The molecule has 0 bridgehead atoms. The van der Waals surface area contributed by atoms with Gasteiger partial charge in [-0.3, -0.25) is 4.79 Å². The Bertz CT molecular complexity index is 488. The molecule has 0 radical (unpaired) electrons. The molecule has 1 aliphatic rings. The van der Waals surface area contributed by atoms with Crippen LogP contribution < -0.4 is 10.2 Å². The highest BCUT2D eigenvalue weighted by Gasteiger charge is 2.18. The summed E-state index contributed by atoms with van der Waals surface area (Å²) in [5, 5.41) is 3.07. The lowest BCUT2D eigenvalue weighted by molar-refractivity contribution is -0.128. The fraction of sp³-hybridized carbons (Fsp3) is 0.692. The molecule has 21 heavy (non-hydrogen) atoms. The van der Waals surface area contributed by atoms with Gasteiger partial charge in [0.1, 0.15) is 0 Å². The molecule has 1 fully saturated rings. The van der Waals surface area contributed by atoms with Crippen LogP contribution in [0.15, 0.2) is 0 Å². The number of carbonyl (C=O) groups is 1. The van der Waals surface area contributed by atoms with Gasteiger partial charge in [0.25, 0.3) is 0 Å². The van der Waals surface area contributed by atoms with Crippen LogP contribution in [0.4, 0.5) is 11.9 Å². The molecule has 0 spiro atoms. The van der Waals surface area contributed by atoms with Crippen molar-refractivity contribution < 1.29 is 4.79 Å². The highest BCUT2D eigenvalue weighted by atomic mass is 35.5. The van der Waals surface area contributed by atoms with Crippen molar-refractivity contribution in [1.29, 1.82) is 0 Å². The molecule has 1 amide bonds. The number of anilines is 2. The molecule has 0 aromatic carbocycles. The quantitative estimate of drug-likeness (QED) is 0.856. The lowest BCUT2D eigenvalue weighted by Crippen LogP contribution is -2.33. The van der Waals surface area contributed by atoms with Gasteiger partial charge in [0.2, 0.25) is 23.1 Å². The third-order valence-electron chi connectivity index (χ3n) is 3.50. The Morgan fingerprint density at radius 3 is 2.52 bits per heavy atom. The monoisotopic (exact) mass is 312 g/mol. The summed E-state index contributed by atoms with van der Waals surface area (Å²) in [7, 11) is 0. The third kappa shape index (κ3) is 4.17. The maximum absolute atomic E-state index is 12.0. The van der Waals surface area contributed by atoms with E-state index in [0.29, 0.717) is 11.9 Å². The van der Waals surface area contributed by atoms with Crippen LogP contribution in [0.25, 0.3) is 0 Å². The highest BCUT2D eigenvalue weighted by Crippen LogP contribution is 2.14. The van der Waals surface area contributed by atoms with Crippen LogP contribution in [0.5, 0.6) is 0 Å². The van der Waals surface area contributed by atoms with Crippen LogP contribution in [0.1, 0.15) is 26.7 Å². The summed E-state index contributed by atoms with van der Waals surface area (Å²) < 4.78 is 0. The first kappa shape index (κ1) is 15.8. The van der Waals surface area contributed by atoms with E-state index in [1.54, 1.807) is 0 Å². The van der Waals surface area contributed by atoms with Crippen molar-refractivity contribution in [2.45, 2.75) is 26.7 Å². The van der Waals surface area contributed by atoms with E-state index >= 15 is 0 Å². The SMILES string of the molecule is CCN(CC)c1nc(Cl)nc(NCC(=O)N2CCCC2)n1. The van der Waals surface area contributed by atoms with E-state index in [-0.39, 0.29) is 17.7 Å². The Labute approximate surface area is 129 Å². The summed E-state index contributed by atoms with van der Waals surface area (Å²) in [6.07, 6.45) is 2.16. The molecule has 2 heterocycles. The molecule has 0 aliphatic carbocycles. The molecule has 0 saturated carbocycles. The Morgan fingerprint density at radius 2 is 1.90 bits per heavy atom. The van der Waals surface area contributed by atoms with Gasteiger partial charge in [-0.05, 0) is 38.3 Å². The number of hydrogen-bond acceptors (Lipinski definition) is 6. The van der Waals surface area contributed by atoms with Crippen LogP contribution in [-0.2, 0) is 4.79 Å². The Balaban J connectivity index is 2.00. The predicted molar refractivity (Wildman–Crippen MR) is 82.7 cm³/mol. The smallest absolute Gasteiger partial charge is 0.241 e. The second-order valence-electron chi connectivity index (χ2n) is 4.84. The zero-order chi connectivity index (χ0) is 15.2. The molecule has 116 valence electrons. The summed E-state index contributed by atoms with van der Waals surface area (Å²) in [5.74, 6) is 0.925. The van der Waals surface area contributed by atoms with Crippen molar-refractivity contribution >= 4 is 29.4 Å². The normalized spacial score (nSPS) is 14.3. The van der Waals surface area contributed by atoms with E-state index < -0.39 is 0 Å². The van der Waals surface area contributed by atoms with Crippen molar-refractivity contribution in [3.05, 3.63) is 5.28 Å². The van der Waals surface area contributed by atoms with Gasteiger partial charge in [-0.2, -0.15) is 15.0 Å². The predicted octanol–water partition coefficient (Wildman–Crippen LogP) is 1.41. The zero-order valence-corrected chi connectivity index (χ0v) is 13.2. The average molecular weight is 313 g/mol. The minimum absolute atomic E-state index is 0.0634. The van der Waals surface area contributed by atoms with Crippen molar-refractivity contribution in [3.63, 3.8) is 0 Å². The van der Waals surface area contributed by atoms with Crippen LogP contribution in [0.3, 0.4) is 0 Å². The second kappa shape index (κ2) is 7.40. The van der Waals surface area contributed by atoms with Gasteiger partial charge < -0.3 is 15.1 Å². The van der Waals surface area contributed by atoms with Gasteiger partial charge in [0.15, 0.2) is 0 Å². The number of hydrogen-bond donors (Lipinski definition) is 1. The Hall–Kier alpha value is -1.63. The Kier molecular flexibility index (Phi) is 5.55. The van der Waals surface area contributed by atoms with Crippen molar-refractivity contribution in [2.24, 2.45) is 0 Å². The first-order valence-corrected chi connectivity index (χ1v) is 7.70. The number of nitrogens with one attached hydrogen (secondary N) is 1. The van der Waals surface area contributed by atoms with Gasteiger partial charge in [-0.1, -0.05) is 0 Å². The largest absolute Gasteiger partial charge is 0.345 e. The number of aromatic nitrogens is 3. The molecular weight excluding hydrogens is 292 g/mol.